The van der Waals surface area contributed by atoms with Gasteiger partial charge < -0.3 is 9.73 Å². The highest BCUT2D eigenvalue weighted by molar-refractivity contribution is 6.33. The number of amides is 1. The zero-order valence-electron chi connectivity index (χ0n) is 16.1. The number of halogens is 1. The first-order valence-electron chi connectivity index (χ1n) is 9.48. The number of anilines is 1. The van der Waals surface area contributed by atoms with Crippen LogP contribution in [0.2, 0.25) is 5.15 Å². The zero-order valence-corrected chi connectivity index (χ0v) is 16.9. The first kappa shape index (κ1) is 19.2. The number of oxazole rings is 1. The largest absolute Gasteiger partial charge is 0.436 e. The van der Waals surface area contributed by atoms with Crippen LogP contribution in [0, 0.1) is 0 Å². The molecule has 0 saturated heterocycles. The van der Waals surface area contributed by atoms with Crippen molar-refractivity contribution in [2.75, 3.05) is 5.32 Å². The first-order chi connectivity index (χ1) is 14.0. The molecule has 0 aliphatic carbocycles. The Balaban J connectivity index is 1.61. The summed E-state index contributed by atoms with van der Waals surface area (Å²) in [6.07, 6.45) is 2.61. The summed E-state index contributed by atoms with van der Waals surface area (Å²) in [5.41, 5.74) is 4.53. The monoisotopic (exact) mass is 405 g/mol. The molecule has 0 aliphatic heterocycles. The van der Waals surface area contributed by atoms with Crippen LogP contribution in [-0.4, -0.2) is 15.9 Å². The second kappa shape index (κ2) is 8.05. The van der Waals surface area contributed by atoms with Gasteiger partial charge in [-0.1, -0.05) is 37.6 Å². The molecule has 2 heterocycles. The third-order valence-corrected chi connectivity index (χ3v) is 5.27. The van der Waals surface area contributed by atoms with Gasteiger partial charge in [-0.2, -0.15) is 0 Å². The van der Waals surface area contributed by atoms with Crippen molar-refractivity contribution in [3.63, 3.8) is 0 Å². The maximum atomic E-state index is 12.5. The van der Waals surface area contributed by atoms with Gasteiger partial charge in [0, 0.05) is 17.4 Å². The van der Waals surface area contributed by atoms with Gasteiger partial charge in [0.1, 0.15) is 10.7 Å². The lowest BCUT2D eigenvalue weighted by Crippen LogP contribution is -2.12. The molecule has 29 heavy (non-hydrogen) atoms. The second-order valence-corrected chi connectivity index (χ2v) is 7.29. The average Bonchev–Trinajstić information content (AvgIpc) is 3.17. The third-order valence-electron chi connectivity index (χ3n) is 4.96. The van der Waals surface area contributed by atoms with Gasteiger partial charge in [-0.25, -0.2) is 9.97 Å². The van der Waals surface area contributed by atoms with E-state index in [1.165, 1.54) is 5.56 Å². The molecule has 2 aromatic heterocycles. The fourth-order valence-electron chi connectivity index (χ4n) is 3.09. The van der Waals surface area contributed by atoms with Crippen LogP contribution in [0.1, 0.15) is 42.1 Å². The van der Waals surface area contributed by atoms with Crippen molar-refractivity contribution in [3.8, 4) is 11.5 Å². The highest BCUT2D eigenvalue weighted by atomic mass is 35.5. The maximum absolute atomic E-state index is 12.5. The van der Waals surface area contributed by atoms with Crippen LogP contribution in [0.4, 0.5) is 5.69 Å². The van der Waals surface area contributed by atoms with E-state index in [1.807, 2.05) is 24.3 Å². The molecule has 4 rings (SSSR count). The number of hydrogen-bond acceptors (Lipinski definition) is 4. The fourth-order valence-corrected chi connectivity index (χ4v) is 3.30. The van der Waals surface area contributed by atoms with Crippen molar-refractivity contribution in [3.05, 3.63) is 77.1 Å². The Morgan fingerprint density at radius 3 is 2.83 bits per heavy atom. The molecule has 1 atom stereocenters. The van der Waals surface area contributed by atoms with Crippen LogP contribution in [0.5, 0.6) is 0 Å². The number of aromatic nitrogens is 2. The zero-order chi connectivity index (χ0) is 20.4. The van der Waals surface area contributed by atoms with E-state index in [0.717, 1.165) is 23.1 Å². The van der Waals surface area contributed by atoms with E-state index < -0.39 is 0 Å². The molecule has 0 saturated carbocycles. The Morgan fingerprint density at radius 2 is 2.03 bits per heavy atom. The first-order valence-corrected chi connectivity index (χ1v) is 9.85. The second-order valence-electron chi connectivity index (χ2n) is 6.93. The number of carbonyl (C=O) groups excluding carboxylic acids is 1. The number of rotatable bonds is 5. The third kappa shape index (κ3) is 4.00. The lowest BCUT2D eigenvalue weighted by molar-refractivity contribution is 0.102. The molecule has 0 unspecified atom stereocenters. The molecular formula is C23H20ClN3O2. The number of fused-ring (bicyclic) bond motifs is 1. The molecule has 0 aliphatic rings. The highest BCUT2D eigenvalue weighted by Gasteiger charge is 2.14. The molecular weight excluding hydrogens is 386 g/mol. The van der Waals surface area contributed by atoms with Gasteiger partial charge in [-0.15, -0.1) is 0 Å². The predicted octanol–water partition coefficient (Wildman–Crippen LogP) is 6.31. The SMILES string of the molecule is CC[C@H](C)c1ccc2oc(-c3cccc(NC(=O)c4cccnc4Cl)c3)nc2c1. The number of benzene rings is 2. The van der Waals surface area contributed by atoms with E-state index in [1.54, 1.807) is 24.4 Å². The lowest BCUT2D eigenvalue weighted by atomic mass is 9.98. The van der Waals surface area contributed by atoms with Crippen molar-refractivity contribution in [1.29, 1.82) is 0 Å². The van der Waals surface area contributed by atoms with Crippen LogP contribution >= 0.6 is 11.6 Å². The molecule has 5 nitrogen and oxygen atoms in total. The minimum Gasteiger partial charge on any atom is -0.436 e. The Kier molecular flexibility index (Phi) is 5.32. The smallest absolute Gasteiger partial charge is 0.258 e. The normalized spacial score (nSPS) is 12.1. The summed E-state index contributed by atoms with van der Waals surface area (Å²) >= 11 is 6.01. The number of carbonyl (C=O) groups is 1. The number of nitrogens with one attached hydrogen (secondary N) is 1. The summed E-state index contributed by atoms with van der Waals surface area (Å²) in [4.78, 5) is 21.1. The predicted molar refractivity (Wildman–Crippen MR) is 115 cm³/mol. The number of pyridine rings is 1. The van der Waals surface area contributed by atoms with E-state index in [9.17, 15) is 4.79 Å². The molecule has 0 spiro atoms. The molecule has 6 heteroatoms. The summed E-state index contributed by atoms with van der Waals surface area (Å²) < 4.78 is 5.93. The van der Waals surface area contributed by atoms with Crippen LogP contribution in [0.25, 0.3) is 22.6 Å². The van der Waals surface area contributed by atoms with E-state index >= 15 is 0 Å². The van der Waals surface area contributed by atoms with Gasteiger partial charge in [-0.05, 0) is 60.4 Å². The van der Waals surface area contributed by atoms with Crippen LogP contribution in [-0.2, 0) is 0 Å². The van der Waals surface area contributed by atoms with E-state index in [2.05, 4.69) is 41.3 Å². The van der Waals surface area contributed by atoms with Crippen molar-refractivity contribution in [2.24, 2.45) is 0 Å². The fraction of sp³-hybridized carbons (Fsp3) is 0.174. The van der Waals surface area contributed by atoms with Gasteiger partial charge in [0.05, 0.1) is 5.56 Å². The molecule has 1 N–H and O–H groups in total. The van der Waals surface area contributed by atoms with Gasteiger partial charge in [0.15, 0.2) is 5.58 Å². The minimum atomic E-state index is -0.323. The minimum absolute atomic E-state index is 0.164. The lowest BCUT2D eigenvalue weighted by Gasteiger charge is -2.07. The standard InChI is InChI=1S/C23H20ClN3O2/c1-3-14(2)15-9-10-20-19(13-15)27-23(29-20)16-6-4-7-17(12-16)26-22(28)18-8-5-11-25-21(18)24/h4-14H,3H2,1-2H3,(H,26,28)/t14-/m0/s1. The quantitative estimate of drug-likeness (QED) is 0.395. The van der Waals surface area contributed by atoms with Gasteiger partial charge in [0.2, 0.25) is 5.89 Å². The molecule has 2 aromatic carbocycles. The van der Waals surface area contributed by atoms with Gasteiger partial charge >= 0.3 is 0 Å². The van der Waals surface area contributed by atoms with Crippen molar-refractivity contribution < 1.29 is 9.21 Å². The summed E-state index contributed by atoms with van der Waals surface area (Å²) in [7, 11) is 0. The summed E-state index contributed by atoms with van der Waals surface area (Å²) in [6, 6.07) is 16.8. The van der Waals surface area contributed by atoms with Crippen molar-refractivity contribution in [2.45, 2.75) is 26.2 Å². The van der Waals surface area contributed by atoms with Crippen molar-refractivity contribution in [1.82, 2.24) is 9.97 Å². The number of nitrogens with zero attached hydrogens (tertiary/aromatic N) is 2. The summed E-state index contributed by atoms with van der Waals surface area (Å²) in [5.74, 6) is 0.658. The molecule has 146 valence electrons. The number of hydrogen-bond donors (Lipinski definition) is 1. The van der Waals surface area contributed by atoms with E-state index in [0.29, 0.717) is 23.1 Å². The van der Waals surface area contributed by atoms with Crippen molar-refractivity contribution >= 4 is 34.3 Å². The summed E-state index contributed by atoms with van der Waals surface area (Å²) in [6.45, 7) is 4.37. The van der Waals surface area contributed by atoms with Crippen LogP contribution < -0.4 is 5.32 Å². The van der Waals surface area contributed by atoms with Crippen LogP contribution in [0.3, 0.4) is 0 Å². The Hall–Kier alpha value is -3.18. The molecule has 0 fully saturated rings. The highest BCUT2D eigenvalue weighted by Crippen LogP contribution is 2.29. The molecule has 4 aromatic rings. The molecule has 0 bridgehead atoms. The van der Waals surface area contributed by atoms with E-state index in [4.69, 9.17) is 16.0 Å². The van der Waals surface area contributed by atoms with Gasteiger partial charge in [0.25, 0.3) is 5.91 Å². The van der Waals surface area contributed by atoms with Crippen LogP contribution in [0.15, 0.2) is 65.2 Å². The van der Waals surface area contributed by atoms with Gasteiger partial charge in [-0.3, -0.25) is 4.79 Å². The Bertz CT molecular complexity index is 1190. The topological polar surface area (TPSA) is 68.0 Å². The maximum Gasteiger partial charge on any atom is 0.258 e. The molecule has 0 radical (unpaired) electrons. The Morgan fingerprint density at radius 1 is 1.17 bits per heavy atom. The summed E-state index contributed by atoms with van der Waals surface area (Å²) in [5, 5.41) is 3.01. The van der Waals surface area contributed by atoms with E-state index in [-0.39, 0.29) is 11.1 Å². The Labute approximate surface area is 173 Å². The molecule has 1 amide bonds. The average molecular weight is 406 g/mol.